The highest BCUT2D eigenvalue weighted by molar-refractivity contribution is 7.91. The fourth-order valence-corrected chi connectivity index (χ4v) is 5.38. The van der Waals surface area contributed by atoms with E-state index in [2.05, 4.69) is 10.2 Å². The van der Waals surface area contributed by atoms with Gasteiger partial charge in [-0.25, -0.2) is 8.42 Å². The standard InChI is InChI=1S/C12H22N2O2S/c15-17(16)8-2-3-10(9-17)13-11-5-7-14-6-1-4-12(11)14/h10-13H,1-9H2. The van der Waals surface area contributed by atoms with E-state index in [-0.39, 0.29) is 6.04 Å². The molecule has 0 saturated carbocycles. The molecule has 3 saturated heterocycles. The molecular formula is C12H22N2O2S. The quantitative estimate of drug-likeness (QED) is 0.778. The monoisotopic (exact) mass is 258 g/mol. The van der Waals surface area contributed by atoms with Crippen molar-refractivity contribution in [1.29, 1.82) is 0 Å². The van der Waals surface area contributed by atoms with Crippen LogP contribution in [0.2, 0.25) is 0 Å². The third-order valence-electron chi connectivity index (χ3n) is 4.52. The van der Waals surface area contributed by atoms with Gasteiger partial charge in [-0.05, 0) is 38.6 Å². The number of fused-ring (bicyclic) bond motifs is 1. The maximum absolute atomic E-state index is 11.6. The van der Waals surface area contributed by atoms with E-state index >= 15 is 0 Å². The van der Waals surface area contributed by atoms with Crippen molar-refractivity contribution in [1.82, 2.24) is 10.2 Å². The molecule has 0 spiro atoms. The fourth-order valence-electron chi connectivity index (χ4n) is 3.73. The van der Waals surface area contributed by atoms with Crippen molar-refractivity contribution >= 4 is 9.84 Å². The maximum atomic E-state index is 11.6. The predicted octanol–water partition coefficient (Wildman–Crippen LogP) is 0.390. The Balaban J connectivity index is 1.60. The van der Waals surface area contributed by atoms with Crippen molar-refractivity contribution in [3.63, 3.8) is 0 Å². The maximum Gasteiger partial charge on any atom is 0.151 e. The van der Waals surface area contributed by atoms with Gasteiger partial charge in [0.15, 0.2) is 9.84 Å². The molecule has 0 radical (unpaired) electrons. The highest BCUT2D eigenvalue weighted by atomic mass is 32.2. The molecule has 1 N–H and O–H groups in total. The average Bonchev–Trinajstić information content (AvgIpc) is 2.81. The Bertz CT molecular complexity index is 382. The molecule has 3 aliphatic rings. The van der Waals surface area contributed by atoms with E-state index in [1.165, 1.54) is 32.4 Å². The summed E-state index contributed by atoms with van der Waals surface area (Å²) in [6.45, 7) is 2.44. The van der Waals surface area contributed by atoms with Gasteiger partial charge in [-0.1, -0.05) is 0 Å². The number of hydrogen-bond donors (Lipinski definition) is 1. The Kier molecular flexibility index (Phi) is 3.17. The molecule has 98 valence electrons. The Labute approximate surface area is 104 Å². The van der Waals surface area contributed by atoms with Gasteiger partial charge in [0.25, 0.3) is 0 Å². The van der Waals surface area contributed by atoms with Gasteiger partial charge in [0.05, 0.1) is 11.5 Å². The van der Waals surface area contributed by atoms with Crippen molar-refractivity contribution in [3.05, 3.63) is 0 Å². The highest BCUT2D eigenvalue weighted by Gasteiger charge is 2.38. The first-order valence-corrected chi connectivity index (χ1v) is 8.67. The highest BCUT2D eigenvalue weighted by Crippen LogP contribution is 2.28. The molecular weight excluding hydrogens is 236 g/mol. The summed E-state index contributed by atoms with van der Waals surface area (Å²) in [6.07, 6.45) is 5.66. The summed E-state index contributed by atoms with van der Waals surface area (Å²) in [6, 6.07) is 1.43. The van der Waals surface area contributed by atoms with Gasteiger partial charge in [-0.3, -0.25) is 4.90 Å². The Morgan fingerprint density at radius 2 is 1.94 bits per heavy atom. The molecule has 0 aromatic carbocycles. The zero-order valence-electron chi connectivity index (χ0n) is 10.3. The normalized spacial score (nSPS) is 41.5. The molecule has 3 rings (SSSR count). The first-order chi connectivity index (χ1) is 8.14. The molecule has 0 aromatic heterocycles. The van der Waals surface area contributed by atoms with Gasteiger partial charge >= 0.3 is 0 Å². The SMILES string of the molecule is O=S1(=O)CCCC(NC2CCN3CCCC23)C1. The Morgan fingerprint density at radius 3 is 2.76 bits per heavy atom. The lowest BCUT2D eigenvalue weighted by Gasteiger charge is -2.29. The van der Waals surface area contributed by atoms with E-state index in [4.69, 9.17) is 0 Å². The van der Waals surface area contributed by atoms with Gasteiger partial charge in [0.2, 0.25) is 0 Å². The van der Waals surface area contributed by atoms with Gasteiger partial charge in [-0.15, -0.1) is 0 Å². The lowest BCUT2D eigenvalue weighted by molar-refractivity contribution is 0.287. The summed E-state index contributed by atoms with van der Waals surface area (Å²) in [5, 5.41) is 3.62. The van der Waals surface area contributed by atoms with Crippen molar-refractivity contribution in [2.75, 3.05) is 24.6 Å². The van der Waals surface area contributed by atoms with Crippen molar-refractivity contribution in [2.24, 2.45) is 0 Å². The fraction of sp³-hybridized carbons (Fsp3) is 1.00. The summed E-state index contributed by atoms with van der Waals surface area (Å²) in [5.74, 6) is 0.752. The number of nitrogens with zero attached hydrogens (tertiary/aromatic N) is 1. The zero-order chi connectivity index (χ0) is 11.9. The molecule has 0 bridgehead atoms. The second-order valence-corrected chi connectivity index (χ2v) is 7.99. The smallest absolute Gasteiger partial charge is 0.151 e. The number of rotatable bonds is 2. The second-order valence-electron chi connectivity index (χ2n) is 5.76. The molecule has 0 amide bonds. The minimum atomic E-state index is -2.77. The number of nitrogens with one attached hydrogen (secondary N) is 1. The molecule has 3 fully saturated rings. The van der Waals surface area contributed by atoms with Gasteiger partial charge in [0.1, 0.15) is 0 Å². The van der Waals surface area contributed by atoms with Crippen LogP contribution in [0.15, 0.2) is 0 Å². The van der Waals surface area contributed by atoms with E-state index in [1.807, 2.05) is 0 Å². The van der Waals surface area contributed by atoms with Crippen LogP contribution in [0.25, 0.3) is 0 Å². The van der Waals surface area contributed by atoms with Crippen LogP contribution in [-0.4, -0.2) is 56.0 Å². The molecule has 0 aromatic rings. The molecule has 3 unspecified atom stereocenters. The van der Waals surface area contributed by atoms with Crippen LogP contribution in [0.1, 0.15) is 32.1 Å². The van der Waals surface area contributed by atoms with Crippen LogP contribution in [0.5, 0.6) is 0 Å². The molecule has 3 aliphatic heterocycles. The first-order valence-electron chi connectivity index (χ1n) is 6.85. The molecule has 3 heterocycles. The van der Waals surface area contributed by atoms with Crippen LogP contribution in [0, 0.1) is 0 Å². The molecule has 3 atom stereocenters. The minimum Gasteiger partial charge on any atom is -0.309 e. The van der Waals surface area contributed by atoms with Gasteiger partial charge < -0.3 is 5.32 Å². The van der Waals surface area contributed by atoms with Crippen LogP contribution in [0.3, 0.4) is 0 Å². The number of sulfone groups is 1. The first kappa shape index (κ1) is 11.9. The Hall–Kier alpha value is -0.130. The van der Waals surface area contributed by atoms with E-state index in [0.717, 1.165) is 12.8 Å². The van der Waals surface area contributed by atoms with E-state index in [0.29, 0.717) is 23.6 Å². The summed E-state index contributed by atoms with van der Waals surface area (Å²) >= 11 is 0. The molecule has 5 heteroatoms. The summed E-state index contributed by atoms with van der Waals surface area (Å²) in [4.78, 5) is 2.56. The van der Waals surface area contributed by atoms with Crippen molar-refractivity contribution < 1.29 is 8.42 Å². The number of hydrogen-bond acceptors (Lipinski definition) is 4. The summed E-state index contributed by atoms with van der Waals surface area (Å²) in [7, 11) is -2.77. The van der Waals surface area contributed by atoms with Gasteiger partial charge in [-0.2, -0.15) is 0 Å². The lowest BCUT2D eigenvalue weighted by Crippen LogP contribution is -2.49. The largest absolute Gasteiger partial charge is 0.309 e. The van der Waals surface area contributed by atoms with Crippen molar-refractivity contribution in [3.8, 4) is 0 Å². The topological polar surface area (TPSA) is 49.4 Å². The van der Waals surface area contributed by atoms with Crippen LogP contribution >= 0.6 is 0 Å². The van der Waals surface area contributed by atoms with E-state index in [1.54, 1.807) is 0 Å². The molecule has 0 aliphatic carbocycles. The average molecular weight is 258 g/mol. The lowest BCUT2D eigenvalue weighted by atomic mass is 10.0. The third-order valence-corrected chi connectivity index (χ3v) is 6.34. The van der Waals surface area contributed by atoms with E-state index in [9.17, 15) is 8.42 Å². The van der Waals surface area contributed by atoms with Crippen LogP contribution < -0.4 is 5.32 Å². The van der Waals surface area contributed by atoms with Crippen LogP contribution in [0.4, 0.5) is 0 Å². The minimum absolute atomic E-state index is 0.208. The van der Waals surface area contributed by atoms with E-state index < -0.39 is 9.84 Å². The van der Waals surface area contributed by atoms with Crippen molar-refractivity contribution in [2.45, 2.75) is 50.2 Å². The Morgan fingerprint density at radius 1 is 1.06 bits per heavy atom. The summed E-state index contributed by atoms with van der Waals surface area (Å²) in [5.41, 5.74) is 0. The zero-order valence-corrected chi connectivity index (χ0v) is 11.1. The van der Waals surface area contributed by atoms with Crippen LogP contribution in [-0.2, 0) is 9.84 Å². The summed E-state index contributed by atoms with van der Waals surface area (Å²) < 4.78 is 23.2. The predicted molar refractivity (Wildman–Crippen MR) is 67.8 cm³/mol. The molecule has 4 nitrogen and oxygen atoms in total. The van der Waals surface area contributed by atoms with Gasteiger partial charge in [0, 0.05) is 24.7 Å². The third kappa shape index (κ3) is 2.51. The molecule has 17 heavy (non-hydrogen) atoms. The second kappa shape index (κ2) is 4.52.